The van der Waals surface area contributed by atoms with Crippen LogP contribution in [0.2, 0.25) is 0 Å². The van der Waals surface area contributed by atoms with Crippen molar-refractivity contribution >= 4 is 16.5 Å². The van der Waals surface area contributed by atoms with Crippen molar-refractivity contribution < 1.29 is 4.74 Å². The van der Waals surface area contributed by atoms with E-state index in [0.717, 1.165) is 36.3 Å². The number of hydrogen-bond acceptors (Lipinski definition) is 3. The van der Waals surface area contributed by atoms with Crippen LogP contribution in [-0.2, 0) is 6.42 Å². The number of benzene rings is 3. The molecule has 0 spiro atoms. The maximum atomic E-state index is 6.59. The molecule has 1 aliphatic rings. The highest BCUT2D eigenvalue weighted by atomic mass is 16.5. The van der Waals surface area contributed by atoms with Crippen LogP contribution < -0.4 is 16.2 Å². The number of nitrogens with two attached hydrogens (primary N) is 2. The molecule has 0 bridgehead atoms. The zero-order valence-corrected chi connectivity index (χ0v) is 17.1. The van der Waals surface area contributed by atoms with Gasteiger partial charge in [-0.15, -0.1) is 6.58 Å². The Morgan fingerprint density at radius 2 is 1.86 bits per heavy atom. The molecule has 3 aromatic rings. The number of hydrogen-bond donors (Lipinski definition) is 2. The van der Waals surface area contributed by atoms with Gasteiger partial charge in [-0.1, -0.05) is 49.1 Å². The molecule has 4 rings (SSSR count). The Morgan fingerprint density at radius 1 is 1.10 bits per heavy atom. The number of anilines is 1. The third-order valence-electron chi connectivity index (χ3n) is 5.36. The summed E-state index contributed by atoms with van der Waals surface area (Å²) in [5.41, 5.74) is 15.3. The number of aryl methyl sites for hydroxylation is 2. The number of rotatable bonds is 4. The Hall–Kier alpha value is -3.20. The Morgan fingerprint density at radius 3 is 2.59 bits per heavy atom. The van der Waals surface area contributed by atoms with E-state index >= 15 is 0 Å². The molecule has 29 heavy (non-hydrogen) atoms. The van der Waals surface area contributed by atoms with Crippen LogP contribution in [0.4, 0.5) is 5.69 Å². The quantitative estimate of drug-likeness (QED) is 0.422. The summed E-state index contributed by atoms with van der Waals surface area (Å²) in [6.07, 6.45) is 6.44. The van der Waals surface area contributed by atoms with Crippen molar-refractivity contribution in [3.05, 3.63) is 96.7 Å². The highest BCUT2D eigenvalue weighted by molar-refractivity contribution is 5.87. The summed E-state index contributed by atoms with van der Waals surface area (Å²) in [4.78, 5) is 0. The molecule has 2 unspecified atom stereocenters. The standard InChI is InChI=1S/C24H25NO.C2H5N/c1-3-6-19-12-11-18-10-9-17-7-4-5-8-22(17)23(18)24(19)26-21-14-16(2)13-20(25)15-21;1-2-3/h3-5,7-10,13-15,19,24H,1,6,11-12,25H2,2H3;2H,1,3H2. The lowest BCUT2D eigenvalue weighted by molar-refractivity contribution is 0.122. The maximum absolute atomic E-state index is 6.59. The van der Waals surface area contributed by atoms with Crippen molar-refractivity contribution in [3.8, 4) is 5.75 Å². The van der Waals surface area contributed by atoms with Crippen molar-refractivity contribution in [2.24, 2.45) is 11.7 Å². The number of fused-ring (bicyclic) bond motifs is 3. The SMILES string of the molecule is C=CCC1CCc2ccc3ccccc3c2C1Oc1cc(C)cc(N)c1.C=CN. The van der Waals surface area contributed by atoms with Crippen LogP contribution >= 0.6 is 0 Å². The van der Waals surface area contributed by atoms with Crippen molar-refractivity contribution in [1.29, 1.82) is 0 Å². The summed E-state index contributed by atoms with van der Waals surface area (Å²) in [6, 6.07) is 19.1. The zero-order valence-electron chi connectivity index (χ0n) is 17.1. The van der Waals surface area contributed by atoms with E-state index in [1.807, 2.05) is 18.2 Å². The van der Waals surface area contributed by atoms with Gasteiger partial charge in [0.05, 0.1) is 0 Å². The van der Waals surface area contributed by atoms with Crippen LogP contribution in [0, 0.1) is 12.8 Å². The van der Waals surface area contributed by atoms with Crippen LogP contribution in [0.25, 0.3) is 10.8 Å². The van der Waals surface area contributed by atoms with E-state index in [-0.39, 0.29) is 6.10 Å². The number of allylic oxidation sites excluding steroid dienone is 1. The van der Waals surface area contributed by atoms with E-state index in [9.17, 15) is 0 Å². The van der Waals surface area contributed by atoms with Crippen molar-refractivity contribution in [3.63, 3.8) is 0 Å². The van der Waals surface area contributed by atoms with Gasteiger partial charge in [-0.05, 0) is 66.4 Å². The Bertz CT molecular complexity index is 989. The van der Waals surface area contributed by atoms with Gasteiger partial charge in [0.2, 0.25) is 0 Å². The average Bonchev–Trinajstić information content (AvgIpc) is 2.69. The van der Waals surface area contributed by atoms with Crippen LogP contribution in [0.3, 0.4) is 0 Å². The molecule has 0 aromatic heterocycles. The maximum Gasteiger partial charge on any atom is 0.128 e. The summed E-state index contributed by atoms with van der Waals surface area (Å²) < 4.78 is 6.59. The largest absolute Gasteiger partial charge is 0.485 e. The molecule has 0 saturated carbocycles. The van der Waals surface area contributed by atoms with Crippen LogP contribution in [0.15, 0.2) is 80.0 Å². The van der Waals surface area contributed by atoms with Gasteiger partial charge in [0, 0.05) is 23.2 Å². The van der Waals surface area contributed by atoms with Gasteiger partial charge in [-0.25, -0.2) is 0 Å². The summed E-state index contributed by atoms with van der Waals surface area (Å²) in [5.74, 6) is 1.27. The third kappa shape index (κ3) is 4.62. The molecule has 0 amide bonds. The predicted octanol–water partition coefficient (Wildman–Crippen LogP) is 6.08. The molecule has 0 radical (unpaired) electrons. The summed E-state index contributed by atoms with van der Waals surface area (Å²) in [5, 5.41) is 2.56. The summed E-state index contributed by atoms with van der Waals surface area (Å²) in [6.45, 7) is 9.16. The van der Waals surface area contributed by atoms with Gasteiger partial charge in [0.15, 0.2) is 0 Å². The van der Waals surface area contributed by atoms with E-state index in [0.29, 0.717) is 5.92 Å². The molecule has 0 aliphatic heterocycles. The lowest BCUT2D eigenvalue weighted by atomic mass is 9.77. The first-order chi connectivity index (χ1) is 14.1. The molecular weight excluding hydrogens is 356 g/mol. The molecule has 0 fully saturated rings. The van der Waals surface area contributed by atoms with Gasteiger partial charge in [-0.2, -0.15) is 0 Å². The first-order valence-electron chi connectivity index (χ1n) is 10.0. The Kier molecular flexibility index (Phi) is 6.61. The second kappa shape index (κ2) is 9.33. The van der Waals surface area contributed by atoms with E-state index < -0.39 is 0 Å². The average molecular weight is 387 g/mol. The van der Waals surface area contributed by atoms with Gasteiger partial charge in [-0.3, -0.25) is 0 Å². The Labute approximate surface area is 173 Å². The smallest absolute Gasteiger partial charge is 0.128 e. The van der Waals surface area contributed by atoms with Gasteiger partial charge >= 0.3 is 0 Å². The molecule has 0 saturated heterocycles. The fraction of sp³-hybridized carbons (Fsp3) is 0.231. The molecule has 0 heterocycles. The number of nitrogen functional groups attached to an aromatic ring is 1. The van der Waals surface area contributed by atoms with E-state index in [1.165, 1.54) is 28.1 Å². The van der Waals surface area contributed by atoms with Crippen LogP contribution in [-0.4, -0.2) is 0 Å². The molecule has 150 valence electrons. The minimum Gasteiger partial charge on any atom is -0.485 e. The van der Waals surface area contributed by atoms with Crippen molar-refractivity contribution in [2.45, 2.75) is 32.3 Å². The highest BCUT2D eigenvalue weighted by Crippen LogP contribution is 2.43. The molecule has 3 nitrogen and oxygen atoms in total. The van der Waals surface area contributed by atoms with E-state index in [2.05, 4.69) is 68.3 Å². The first-order valence-corrected chi connectivity index (χ1v) is 10.0. The monoisotopic (exact) mass is 386 g/mol. The molecule has 2 atom stereocenters. The molecule has 1 aliphatic carbocycles. The van der Waals surface area contributed by atoms with Crippen molar-refractivity contribution in [2.75, 3.05) is 5.73 Å². The second-order valence-corrected chi connectivity index (χ2v) is 7.54. The lowest BCUT2D eigenvalue weighted by Crippen LogP contribution is -2.25. The lowest BCUT2D eigenvalue weighted by Gasteiger charge is -2.34. The first kappa shape index (κ1) is 20.5. The van der Waals surface area contributed by atoms with Crippen molar-refractivity contribution in [1.82, 2.24) is 0 Å². The minimum atomic E-state index is 0.0176. The fourth-order valence-corrected chi connectivity index (χ4v) is 4.22. The molecular formula is C26H30N2O. The van der Waals surface area contributed by atoms with Gasteiger partial charge in [0.25, 0.3) is 0 Å². The van der Waals surface area contributed by atoms with Crippen LogP contribution in [0.5, 0.6) is 5.75 Å². The van der Waals surface area contributed by atoms with Gasteiger partial charge in [0.1, 0.15) is 11.9 Å². The molecule has 3 heteroatoms. The normalized spacial score (nSPS) is 17.6. The van der Waals surface area contributed by atoms with Gasteiger partial charge < -0.3 is 16.2 Å². The number of ether oxygens (including phenoxy) is 1. The van der Waals surface area contributed by atoms with Crippen LogP contribution in [0.1, 0.15) is 35.6 Å². The second-order valence-electron chi connectivity index (χ2n) is 7.54. The highest BCUT2D eigenvalue weighted by Gasteiger charge is 2.32. The molecule has 3 aromatic carbocycles. The fourth-order valence-electron chi connectivity index (χ4n) is 4.22. The molecule has 4 N–H and O–H groups in total. The summed E-state index contributed by atoms with van der Waals surface area (Å²) >= 11 is 0. The van der Waals surface area contributed by atoms with E-state index in [4.69, 9.17) is 10.5 Å². The summed E-state index contributed by atoms with van der Waals surface area (Å²) in [7, 11) is 0. The zero-order chi connectivity index (χ0) is 20.8. The topological polar surface area (TPSA) is 61.3 Å². The minimum absolute atomic E-state index is 0.0176. The predicted molar refractivity (Wildman–Crippen MR) is 124 cm³/mol. The third-order valence-corrected chi connectivity index (χ3v) is 5.36. The van der Waals surface area contributed by atoms with E-state index in [1.54, 1.807) is 0 Å². The Balaban J connectivity index is 0.000000755.